The molecular formula is C24H33N5O2. The number of rotatable bonds is 6. The number of likely N-dealkylation sites (tertiary alicyclic amines) is 1. The fourth-order valence-electron chi connectivity index (χ4n) is 4.22. The summed E-state index contributed by atoms with van der Waals surface area (Å²) < 4.78 is 5.25. The lowest BCUT2D eigenvalue weighted by molar-refractivity contribution is 0.0657. The van der Waals surface area contributed by atoms with Gasteiger partial charge in [-0.25, -0.2) is 4.99 Å². The van der Waals surface area contributed by atoms with Gasteiger partial charge in [-0.15, -0.1) is 0 Å². The summed E-state index contributed by atoms with van der Waals surface area (Å²) in [5.41, 5.74) is 2.59. The van der Waals surface area contributed by atoms with Crippen LogP contribution in [0.3, 0.4) is 0 Å². The number of furan rings is 1. The molecule has 7 nitrogen and oxygen atoms in total. The second-order valence-electron chi connectivity index (χ2n) is 8.23. The third-order valence-electron chi connectivity index (χ3n) is 5.97. The molecule has 2 aliphatic heterocycles. The van der Waals surface area contributed by atoms with Crippen molar-refractivity contribution in [2.45, 2.75) is 32.9 Å². The number of guanidine groups is 1. The van der Waals surface area contributed by atoms with Crippen LogP contribution in [-0.4, -0.2) is 72.4 Å². The van der Waals surface area contributed by atoms with E-state index in [0.717, 1.165) is 32.1 Å². The normalized spacial score (nSPS) is 17.9. The van der Waals surface area contributed by atoms with E-state index in [1.54, 1.807) is 18.4 Å². The molecule has 2 aliphatic rings. The molecule has 0 bridgehead atoms. The maximum atomic E-state index is 12.5. The number of nitrogens with one attached hydrogen (secondary N) is 1. The van der Waals surface area contributed by atoms with Gasteiger partial charge in [0.1, 0.15) is 0 Å². The van der Waals surface area contributed by atoms with Crippen LogP contribution in [0.4, 0.5) is 0 Å². The van der Waals surface area contributed by atoms with Crippen molar-refractivity contribution in [2.75, 3.05) is 45.8 Å². The average Bonchev–Trinajstić information content (AvgIpc) is 3.52. The second-order valence-corrected chi connectivity index (χ2v) is 8.23. The van der Waals surface area contributed by atoms with Gasteiger partial charge >= 0.3 is 0 Å². The van der Waals surface area contributed by atoms with Gasteiger partial charge in [-0.2, -0.15) is 0 Å². The number of amides is 1. The topological polar surface area (TPSA) is 64.3 Å². The van der Waals surface area contributed by atoms with Crippen LogP contribution in [0.15, 0.2) is 52.1 Å². The van der Waals surface area contributed by atoms with Crippen molar-refractivity contribution in [1.82, 2.24) is 20.0 Å². The molecule has 2 fully saturated rings. The Kier molecular flexibility index (Phi) is 7.25. The van der Waals surface area contributed by atoms with Crippen LogP contribution in [0, 0.1) is 0 Å². The van der Waals surface area contributed by atoms with Crippen LogP contribution in [0.5, 0.6) is 0 Å². The maximum Gasteiger partial charge on any atom is 0.289 e. The van der Waals surface area contributed by atoms with Crippen molar-refractivity contribution in [3.63, 3.8) is 0 Å². The number of nitrogens with zero attached hydrogens (tertiary/aromatic N) is 4. The summed E-state index contributed by atoms with van der Waals surface area (Å²) in [5.74, 6) is 1.27. The van der Waals surface area contributed by atoms with E-state index in [2.05, 4.69) is 46.3 Å². The summed E-state index contributed by atoms with van der Waals surface area (Å²) >= 11 is 0. The van der Waals surface area contributed by atoms with E-state index in [9.17, 15) is 4.79 Å². The number of piperazine rings is 1. The molecule has 31 heavy (non-hydrogen) atoms. The fourth-order valence-corrected chi connectivity index (χ4v) is 4.22. The zero-order valence-electron chi connectivity index (χ0n) is 18.4. The molecule has 0 atom stereocenters. The SMILES string of the molecule is CCNC(=NCc1ccc(CN2CCCC2)cc1)N1CCN(C(=O)c2ccco2)CC1. The van der Waals surface area contributed by atoms with Gasteiger partial charge < -0.3 is 19.5 Å². The van der Waals surface area contributed by atoms with Crippen LogP contribution in [0.2, 0.25) is 0 Å². The first-order valence-corrected chi connectivity index (χ1v) is 11.4. The Morgan fingerprint density at radius 2 is 1.65 bits per heavy atom. The molecule has 0 radical (unpaired) electrons. The second kappa shape index (κ2) is 10.5. The molecular weight excluding hydrogens is 390 g/mol. The molecule has 2 saturated heterocycles. The maximum absolute atomic E-state index is 12.5. The molecule has 1 amide bonds. The smallest absolute Gasteiger partial charge is 0.289 e. The van der Waals surface area contributed by atoms with Gasteiger partial charge in [0.15, 0.2) is 11.7 Å². The van der Waals surface area contributed by atoms with Gasteiger partial charge in [-0.3, -0.25) is 9.69 Å². The number of hydrogen-bond donors (Lipinski definition) is 1. The molecule has 1 aromatic heterocycles. The number of hydrogen-bond acceptors (Lipinski definition) is 4. The summed E-state index contributed by atoms with van der Waals surface area (Å²) in [6.45, 7) is 9.88. The van der Waals surface area contributed by atoms with Gasteiger partial charge in [-0.05, 0) is 56.1 Å². The lowest BCUT2D eigenvalue weighted by atomic mass is 10.1. The summed E-state index contributed by atoms with van der Waals surface area (Å²) in [5, 5.41) is 3.40. The molecule has 4 rings (SSSR count). The Bertz CT molecular complexity index is 849. The van der Waals surface area contributed by atoms with E-state index in [4.69, 9.17) is 9.41 Å². The van der Waals surface area contributed by atoms with E-state index in [1.807, 2.05) is 4.90 Å². The van der Waals surface area contributed by atoms with E-state index < -0.39 is 0 Å². The molecule has 1 aromatic carbocycles. The standard InChI is InChI=1S/C24H33N5O2/c1-2-25-24(29-15-13-28(14-16-29)23(30)22-6-5-17-31-22)26-18-20-7-9-21(10-8-20)19-27-11-3-4-12-27/h5-10,17H,2-4,11-16,18-19H2,1H3,(H,25,26). The Labute approximate surface area is 184 Å². The Morgan fingerprint density at radius 3 is 2.29 bits per heavy atom. The predicted octanol–water partition coefficient (Wildman–Crippen LogP) is 2.80. The summed E-state index contributed by atoms with van der Waals surface area (Å²) in [6, 6.07) is 12.3. The van der Waals surface area contributed by atoms with Crippen molar-refractivity contribution in [3.05, 3.63) is 59.5 Å². The number of aliphatic imine (C=N–C) groups is 1. The minimum Gasteiger partial charge on any atom is -0.459 e. The van der Waals surface area contributed by atoms with E-state index >= 15 is 0 Å². The lowest BCUT2D eigenvalue weighted by Gasteiger charge is -2.36. The van der Waals surface area contributed by atoms with Gasteiger partial charge in [0.25, 0.3) is 5.91 Å². The first-order chi connectivity index (χ1) is 15.2. The number of benzene rings is 1. The van der Waals surface area contributed by atoms with Gasteiger partial charge in [0, 0.05) is 39.3 Å². The summed E-state index contributed by atoms with van der Waals surface area (Å²) in [6.07, 6.45) is 4.19. The van der Waals surface area contributed by atoms with Crippen molar-refractivity contribution in [2.24, 2.45) is 4.99 Å². The van der Waals surface area contributed by atoms with Crippen molar-refractivity contribution in [3.8, 4) is 0 Å². The van der Waals surface area contributed by atoms with E-state index in [1.165, 1.54) is 37.1 Å². The Morgan fingerprint density at radius 1 is 0.968 bits per heavy atom. The largest absolute Gasteiger partial charge is 0.459 e. The first kappa shape index (κ1) is 21.4. The molecule has 0 spiro atoms. The minimum atomic E-state index is -0.0411. The monoisotopic (exact) mass is 423 g/mol. The lowest BCUT2D eigenvalue weighted by Crippen LogP contribution is -2.53. The van der Waals surface area contributed by atoms with Gasteiger partial charge in [0.2, 0.25) is 0 Å². The van der Waals surface area contributed by atoms with Crippen molar-refractivity contribution in [1.29, 1.82) is 0 Å². The Hall–Kier alpha value is -2.80. The fraction of sp³-hybridized carbons (Fsp3) is 0.500. The molecule has 0 unspecified atom stereocenters. The molecule has 166 valence electrons. The highest BCUT2D eigenvalue weighted by Gasteiger charge is 2.25. The first-order valence-electron chi connectivity index (χ1n) is 11.4. The summed E-state index contributed by atoms with van der Waals surface area (Å²) in [4.78, 5) is 23.9. The van der Waals surface area contributed by atoms with Crippen LogP contribution >= 0.6 is 0 Å². The van der Waals surface area contributed by atoms with Crippen LogP contribution in [0.25, 0.3) is 0 Å². The van der Waals surface area contributed by atoms with Crippen LogP contribution in [0.1, 0.15) is 41.4 Å². The Balaban J connectivity index is 1.31. The quantitative estimate of drug-likeness (QED) is 0.572. The minimum absolute atomic E-state index is 0.0411. The van der Waals surface area contributed by atoms with Gasteiger partial charge in [0.05, 0.1) is 12.8 Å². The van der Waals surface area contributed by atoms with Crippen molar-refractivity contribution >= 4 is 11.9 Å². The van der Waals surface area contributed by atoms with E-state index in [-0.39, 0.29) is 5.91 Å². The van der Waals surface area contributed by atoms with Crippen LogP contribution < -0.4 is 5.32 Å². The molecule has 0 saturated carbocycles. The third kappa shape index (κ3) is 5.67. The molecule has 0 aliphatic carbocycles. The van der Waals surface area contributed by atoms with Gasteiger partial charge in [-0.1, -0.05) is 24.3 Å². The summed E-state index contributed by atoms with van der Waals surface area (Å²) in [7, 11) is 0. The molecule has 3 heterocycles. The molecule has 7 heteroatoms. The van der Waals surface area contributed by atoms with E-state index in [0.29, 0.717) is 25.4 Å². The highest BCUT2D eigenvalue weighted by atomic mass is 16.3. The number of carbonyl (C=O) groups excluding carboxylic acids is 1. The van der Waals surface area contributed by atoms with Crippen LogP contribution in [-0.2, 0) is 13.1 Å². The highest BCUT2D eigenvalue weighted by Crippen LogP contribution is 2.14. The zero-order chi connectivity index (χ0) is 21.5. The zero-order valence-corrected chi connectivity index (χ0v) is 18.4. The van der Waals surface area contributed by atoms with Crippen molar-refractivity contribution < 1.29 is 9.21 Å². The number of carbonyl (C=O) groups is 1. The predicted molar refractivity (Wildman–Crippen MR) is 122 cm³/mol. The molecule has 2 aromatic rings. The average molecular weight is 424 g/mol. The molecule has 1 N–H and O–H groups in total. The third-order valence-corrected chi connectivity index (χ3v) is 5.97. The highest BCUT2D eigenvalue weighted by molar-refractivity contribution is 5.91.